The Labute approximate surface area is 84.2 Å². The van der Waals surface area contributed by atoms with Gasteiger partial charge in [-0.15, -0.1) is 17.8 Å². The Balaban J connectivity index is 2.26. The highest BCUT2D eigenvalue weighted by Gasteiger charge is 2.11. The van der Waals surface area contributed by atoms with Gasteiger partial charge in [0.1, 0.15) is 0 Å². The van der Waals surface area contributed by atoms with E-state index < -0.39 is 0 Å². The lowest BCUT2D eigenvalue weighted by atomic mass is 10.1. The molecule has 0 radical (unpaired) electrons. The molecule has 0 aromatic carbocycles. The minimum Gasteiger partial charge on any atom is -0.301 e. The van der Waals surface area contributed by atoms with Crippen LogP contribution in [0.3, 0.4) is 0 Å². The Morgan fingerprint density at radius 3 is 2.92 bits per heavy atom. The van der Waals surface area contributed by atoms with Crippen molar-refractivity contribution >= 4 is 11.3 Å². The van der Waals surface area contributed by atoms with Crippen molar-refractivity contribution in [3.8, 4) is 12.3 Å². The third-order valence-corrected chi connectivity index (χ3v) is 2.82. The summed E-state index contributed by atoms with van der Waals surface area (Å²) in [5.41, 5.74) is -0.183. The summed E-state index contributed by atoms with van der Waals surface area (Å²) in [4.78, 5) is 1.40. The van der Waals surface area contributed by atoms with Crippen LogP contribution in [0.5, 0.6) is 0 Å². The lowest BCUT2D eigenvalue weighted by Gasteiger charge is -2.18. The third kappa shape index (κ3) is 3.63. The number of hydrogen-bond donors (Lipinski definition) is 1. The highest BCUT2D eigenvalue weighted by atomic mass is 32.1. The van der Waals surface area contributed by atoms with Gasteiger partial charge in [0.25, 0.3) is 0 Å². The Bertz CT molecular complexity index is 280. The summed E-state index contributed by atoms with van der Waals surface area (Å²) < 4.78 is 0. The molecule has 1 rings (SSSR count). The Hall–Kier alpha value is -0.780. The molecule has 0 aliphatic rings. The van der Waals surface area contributed by atoms with Crippen LogP contribution in [0.15, 0.2) is 17.5 Å². The number of thiophene rings is 1. The van der Waals surface area contributed by atoms with Crippen LogP contribution in [0.2, 0.25) is 0 Å². The standard InChI is InChI=1S/C11H15NS/c1-4-11(2,3)12-8-7-10-6-5-9-13-10/h1,5-6,9,12H,7-8H2,2-3H3. The fourth-order valence-corrected chi connectivity index (χ4v) is 1.71. The summed E-state index contributed by atoms with van der Waals surface area (Å²) in [6.45, 7) is 4.97. The van der Waals surface area contributed by atoms with Crippen molar-refractivity contribution < 1.29 is 0 Å². The second-order valence-corrected chi connectivity index (χ2v) is 4.56. The summed E-state index contributed by atoms with van der Waals surface area (Å²) in [6, 6.07) is 4.22. The number of hydrogen-bond acceptors (Lipinski definition) is 2. The highest BCUT2D eigenvalue weighted by molar-refractivity contribution is 7.09. The molecule has 0 atom stereocenters. The molecular formula is C11H15NS. The Morgan fingerprint density at radius 1 is 1.62 bits per heavy atom. The normalized spacial score (nSPS) is 11.2. The van der Waals surface area contributed by atoms with E-state index >= 15 is 0 Å². The van der Waals surface area contributed by atoms with Crippen LogP contribution in [-0.2, 0) is 6.42 Å². The summed E-state index contributed by atoms with van der Waals surface area (Å²) in [7, 11) is 0. The van der Waals surface area contributed by atoms with Crippen molar-refractivity contribution in [2.45, 2.75) is 25.8 Å². The fourth-order valence-electron chi connectivity index (χ4n) is 1.00. The van der Waals surface area contributed by atoms with Crippen LogP contribution in [0.1, 0.15) is 18.7 Å². The maximum Gasteiger partial charge on any atom is 0.0741 e. The minimum absolute atomic E-state index is 0.183. The van der Waals surface area contributed by atoms with Gasteiger partial charge in [-0.05, 0) is 31.7 Å². The minimum atomic E-state index is -0.183. The van der Waals surface area contributed by atoms with Crippen LogP contribution in [0.25, 0.3) is 0 Å². The lowest BCUT2D eigenvalue weighted by molar-refractivity contribution is 0.496. The molecule has 13 heavy (non-hydrogen) atoms. The number of nitrogens with one attached hydrogen (secondary N) is 1. The van der Waals surface area contributed by atoms with E-state index in [1.54, 1.807) is 11.3 Å². The molecule has 0 spiro atoms. The predicted octanol–water partition coefficient (Wildman–Crippen LogP) is 2.29. The SMILES string of the molecule is C#CC(C)(C)NCCc1cccs1. The molecule has 1 heterocycles. The molecule has 1 nitrogen and oxygen atoms in total. The summed E-state index contributed by atoms with van der Waals surface area (Å²) in [6.07, 6.45) is 6.41. The number of rotatable bonds is 4. The van der Waals surface area contributed by atoms with Crippen LogP contribution >= 0.6 is 11.3 Å². The zero-order valence-electron chi connectivity index (χ0n) is 8.13. The van der Waals surface area contributed by atoms with E-state index in [4.69, 9.17) is 6.42 Å². The molecule has 0 saturated heterocycles. The van der Waals surface area contributed by atoms with Crippen LogP contribution in [0.4, 0.5) is 0 Å². The van der Waals surface area contributed by atoms with Gasteiger partial charge in [-0.3, -0.25) is 0 Å². The van der Waals surface area contributed by atoms with Gasteiger partial charge >= 0.3 is 0 Å². The average molecular weight is 193 g/mol. The molecule has 0 fully saturated rings. The van der Waals surface area contributed by atoms with Crippen molar-refractivity contribution in [1.29, 1.82) is 0 Å². The van der Waals surface area contributed by atoms with Gasteiger partial charge in [0.05, 0.1) is 5.54 Å². The molecule has 70 valence electrons. The second kappa shape index (κ2) is 4.45. The first-order valence-electron chi connectivity index (χ1n) is 4.39. The van der Waals surface area contributed by atoms with Crippen molar-refractivity contribution in [2.24, 2.45) is 0 Å². The molecular weight excluding hydrogens is 178 g/mol. The zero-order valence-corrected chi connectivity index (χ0v) is 8.95. The van der Waals surface area contributed by atoms with Crippen LogP contribution < -0.4 is 5.32 Å². The largest absolute Gasteiger partial charge is 0.301 e. The van der Waals surface area contributed by atoms with E-state index in [0.717, 1.165) is 13.0 Å². The van der Waals surface area contributed by atoms with E-state index in [9.17, 15) is 0 Å². The van der Waals surface area contributed by atoms with Crippen molar-refractivity contribution in [3.05, 3.63) is 22.4 Å². The molecule has 0 aliphatic heterocycles. The summed E-state index contributed by atoms with van der Waals surface area (Å²) >= 11 is 1.79. The first kappa shape index (κ1) is 10.3. The fraction of sp³-hybridized carbons (Fsp3) is 0.455. The van der Waals surface area contributed by atoms with Crippen LogP contribution in [-0.4, -0.2) is 12.1 Å². The van der Waals surface area contributed by atoms with Gasteiger partial charge in [0.2, 0.25) is 0 Å². The summed E-state index contributed by atoms with van der Waals surface area (Å²) in [5, 5.41) is 5.42. The Morgan fingerprint density at radius 2 is 2.38 bits per heavy atom. The topological polar surface area (TPSA) is 12.0 Å². The molecule has 0 unspecified atom stereocenters. The second-order valence-electron chi connectivity index (χ2n) is 3.53. The van der Waals surface area contributed by atoms with E-state index in [-0.39, 0.29) is 5.54 Å². The molecule has 0 saturated carbocycles. The molecule has 0 aliphatic carbocycles. The van der Waals surface area contributed by atoms with E-state index in [1.807, 2.05) is 13.8 Å². The van der Waals surface area contributed by atoms with Gasteiger partial charge in [0.15, 0.2) is 0 Å². The molecule has 1 aromatic heterocycles. The van der Waals surface area contributed by atoms with Gasteiger partial charge in [-0.2, -0.15) is 0 Å². The smallest absolute Gasteiger partial charge is 0.0741 e. The maximum absolute atomic E-state index is 5.36. The van der Waals surface area contributed by atoms with E-state index in [2.05, 4.69) is 28.8 Å². The van der Waals surface area contributed by atoms with Crippen molar-refractivity contribution in [1.82, 2.24) is 5.32 Å². The zero-order chi connectivity index (χ0) is 9.73. The monoisotopic (exact) mass is 193 g/mol. The van der Waals surface area contributed by atoms with E-state index in [1.165, 1.54) is 4.88 Å². The van der Waals surface area contributed by atoms with Gasteiger partial charge in [0, 0.05) is 11.4 Å². The molecule has 1 N–H and O–H groups in total. The van der Waals surface area contributed by atoms with Gasteiger partial charge in [-0.1, -0.05) is 12.0 Å². The molecule has 0 bridgehead atoms. The Kier molecular flexibility index (Phi) is 3.53. The predicted molar refractivity (Wildman–Crippen MR) is 58.9 cm³/mol. The third-order valence-electron chi connectivity index (χ3n) is 1.88. The van der Waals surface area contributed by atoms with Crippen molar-refractivity contribution in [2.75, 3.05) is 6.54 Å². The average Bonchev–Trinajstić information content (AvgIpc) is 2.57. The first-order valence-corrected chi connectivity index (χ1v) is 5.27. The molecule has 2 heteroatoms. The maximum atomic E-state index is 5.36. The van der Waals surface area contributed by atoms with Crippen molar-refractivity contribution in [3.63, 3.8) is 0 Å². The molecule has 1 aromatic rings. The van der Waals surface area contributed by atoms with Crippen LogP contribution in [0, 0.1) is 12.3 Å². The highest BCUT2D eigenvalue weighted by Crippen LogP contribution is 2.09. The van der Waals surface area contributed by atoms with Gasteiger partial charge < -0.3 is 5.32 Å². The van der Waals surface area contributed by atoms with Gasteiger partial charge in [-0.25, -0.2) is 0 Å². The number of terminal acetylenes is 1. The lowest BCUT2D eigenvalue weighted by Crippen LogP contribution is -2.38. The summed E-state index contributed by atoms with van der Waals surface area (Å²) in [5.74, 6) is 2.71. The first-order chi connectivity index (χ1) is 6.14. The van der Waals surface area contributed by atoms with E-state index in [0.29, 0.717) is 0 Å². The molecule has 0 amide bonds. The quantitative estimate of drug-likeness (QED) is 0.723.